The van der Waals surface area contributed by atoms with Crippen molar-refractivity contribution in [2.24, 2.45) is 22.7 Å². The van der Waals surface area contributed by atoms with E-state index in [0.717, 1.165) is 18.4 Å². The normalized spacial score (nSPS) is 48.5. The number of rotatable bonds is 4. The van der Waals surface area contributed by atoms with Gasteiger partial charge in [-0.15, -0.1) is 23.5 Å². The first-order valence-corrected chi connectivity index (χ1v) is 12.5. The van der Waals surface area contributed by atoms with E-state index in [1.807, 2.05) is 13.2 Å². The summed E-state index contributed by atoms with van der Waals surface area (Å²) in [5.74, 6) is -1.17. The number of thioether (sulfide) groups is 2. The molecule has 0 amide bonds. The van der Waals surface area contributed by atoms with E-state index in [4.69, 9.17) is 0 Å². The second-order valence-electron chi connectivity index (χ2n) is 9.44. The third kappa shape index (κ3) is 2.69. The largest absolute Gasteiger partial charge is 0.481 e. The van der Waals surface area contributed by atoms with Crippen LogP contribution in [0.25, 0.3) is 0 Å². The lowest BCUT2D eigenvalue weighted by Gasteiger charge is -2.63. The minimum atomic E-state index is -1.82. The molecule has 0 aromatic heterocycles. The van der Waals surface area contributed by atoms with Crippen molar-refractivity contribution in [3.05, 3.63) is 23.8 Å². The summed E-state index contributed by atoms with van der Waals surface area (Å²) in [7, 11) is 0. The first kappa shape index (κ1) is 21.4. The number of carbonyl (C=O) groups excluding carboxylic acids is 1. The topological polar surface area (TPSA) is 74.6 Å². The molecule has 0 saturated heterocycles. The fourth-order valence-electron chi connectivity index (χ4n) is 6.97. The van der Waals surface area contributed by atoms with Crippen LogP contribution in [0.1, 0.15) is 46.0 Å². The average Bonchev–Trinajstić information content (AvgIpc) is 2.94. The van der Waals surface area contributed by atoms with E-state index >= 15 is 4.39 Å². The van der Waals surface area contributed by atoms with E-state index in [2.05, 4.69) is 6.92 Å². The smallest absolute Gasteiger partial charge is 0.313 e. The van der Waals surface area contributed by atoms with Crippen LogP contribution < -0.4 is 0 Å². The molecule has 160 valence electrons. The van der Waals surface area contributed by atoms with Crippen LogP contribution in [0.3, 0.4) is 0 Å². The van der Waals surface area contributed by atoms with Crippen LogP contribution in [-0.2, 0) is 9.59 Å². The highest BCUT2D eigenvalue weighted by Crippen LogP contribution is 2.73. The lowest BCUT2D eigenvalue weighted by Crippen LogP contribution is -2.67. The zero-order valence-electron chi connectivity index (χ0n) is 17.1. The second kappa shape index (κ2) is 6.86. The van der Waals surface area contributed by atoms with E-state index in [9.17, 15) is 19.8 Å². The van der Waals surface area contributed by atoms with Crippen molar-refractivity contribution in [2.75, 3.05) is 12.0 Å². The van der Waals surface area contributed by atoms with E-state index in [1.165, 1.54) is 17.8 Å². The number of hydrogen-bond acceptors (Lipinski definition) is 5. The summed E-state index contributed by atoms with van der Waals surface area (Å²) < 4.78 is 16.6. The van der Waals surface area contributed by atoms with Gasteiger partial charge in [-0.25, -0.2) is 4.39 Å². The van der Waals surface area contributed by atoms with E-state index in [-0.39, 0.29) is 32.9 Å². The summed E-state index contributed by atoms with van der Waals surface area (Å²) in [5, 5.41) is 20.5. The van der Waals surface area contributed by atoms with Gasteiger partial charge in [0.25, 0.3) is 0 Å². The van der Waals surface area contributed by atoms with Gasteiger partial charge >= 0.3 is 5.97 Å². The minimum Gasteiger partial charge on any atom is -0.481 e. The monoisotopic (exact) mass is 440 g/mol. The van der Waals surface area contributed by atoms with E-state index in [1.54, 1.807) is 23.9 Å². The molecule has 7 atom stereocenters. The minimum absolute atomic E-state index is 0.0140. The molecule has 3 unspecified atom stereocenters. The van der Waals surface area contributed by atoms with Crippen molar-refractivity contribution >= 4 is 35.3 Å². The number of allylic oxidation sites excluding steroid dienone is 4. The number of halogens is 1. The Morgan fingerprint density at radius 2 is 2.03 bits per heavy atom. The Morgan fingerprint density at radius 3 is 2.69 bits per heavy atom. The van der Waals surface area contributed by atoms with Gasteiger partial charge in [0.05, 0.1) is 15.9 Å². The lowest BCUT2D eigenvalue weighted by molar-refractivity contribution is -0.189. The number of carbonyl (C=O) groups is 2. The molecule has 3 fully saturated rings. The summed E-state index contributed by atoms with van der Waals surface area (Å²) in [6.45, 7) is 3.96. The van der Waals surface area contributed by atoms with Crippen LogP contribution in [0.4, 0.5) is 4.39 Å². The highest BCUT2D eigenvalue weighted by molar-refractivity contribution is 8.18. The molecule has 0 aliphatic heterocycles. The Hall–Kier alpha value is -0.790. The fraction of sp³-hybridized carbons (Fsp3) is 0.727. The molecule has 4 aliphatic carbocycles. The van der Waals surface area contributed by atoms with Crippen LogP contribution in [-0.4, -0.2) is 49.8 Å². The van der Waals surface area contributed by atoms with Crippen LogP contribution in [0.2, 0.25) is 0 Å². The molecular formula is C22H29FO4S2. The van der Waals surface area contributed by atoms with Gasteiger partial charge in [-0.3, -0.25) is 9.59 Å². The Bertz CT molecular complexity index is 813. The summed E-state index contributed by atoms with van der Waals surface area (Å²) in [6.07, 6.45) is 8.77. The zero-order chi connectivity index (χ0) is 21.2. The number of aliphatic carboxylic acids is 1. The number of carboxylic acid groups (broad SMARTS) is 1. The Kier molecular flexibility index (Phi) is 5.07. The highest BCUT2D eigenvalue weighted by atomic mass is 32.2. The molecule has 3 saturated carbocycles. The maximum absolute atomic E-state index is 17.0. The van der Waals surface area contributed by atoms with Gasteiger partial charge in [0.1, 0.15) is 0 Å². The maximum atomic E-state index is 17.0. The molecule has 4 aliphatic rings. The van der Waals surface area contributed by atoms with Gasteiger partial charge < -0.3 is 10.2 Å². The van der Waals surface area contributed by atoms with Gasteiger partial charge in [-0.2, -0.15) is 0 Å². The van der Waals surface area contributed by atoms with Gasteiger partial charge in [0.15, 0.2) is 11.5 Å². The number of hydrogen-bond donors (Lipinski definition) is 2. The van der Waals surface area contributed by atoms with Crippen LogP contribution in [0.15, 0.2) is 23.8 Å². The number of ketones is 1. The van der Waals surface area contributed by atoms with Gasteiger partial charge in [0, 0.05) is 11.3 Å². The van der Waals surface area contributed by atoms with E-state index in [0.29, 0.717) is 19.3 Å². The standard InChI is InChI=1S/C22H29FO4S2/c1-19-8-6-14(24)10-13(19)4-5-16-15-7-9-21(28-3,29-12-18(26)27)20(15,2)11-17(25)22(16,19)23/h6,8,10,15-17,25H,4-5,7,9,11-12H2,1-3H3,(H,26,27)/t15?,16?,17-,19-,20-,21-,22?/m0/s1. The number of aliphatic hydroxyl groups excluding tert-OH is 1. The zero-order valence-corrected chi connectivity index (χ0v) is 18.7. The molecule has 0 aromatic rings. The number of carboxylic acids is 1. The molecule has 0 spiro atoms. The Balaban J connectivity index is 1.75. The predicted octanol–water partition coefficient (Wildman–Crippen LogP) is 4.23. The van der Waals surface area contributed by atoms with Gasteiger partial charge in [-0.05, 0) is 68.8 Å². The molecule has 0 radical (unpaired) electrons. The number of aliphatic hydroxyl groups is 1. The van der Waals surface area contributed by atoms with Crippen LogP contribution in [0.5, 0.6) is 0 Å². The van der Waals surface area contributed by atoms with Crippen LogP contribution in [0, 0.1) is 22.7 Å². The quantitative estimate of drug-likeness (QED) is 0.637. The summed E-state index contributed by atoms with van der Waals surface area (Å²) in [6, 6.07) is 0. The first-order valence-electron chi connectivity index (χ1n) is 10.3. The van der Waals surface area contributed by atoms with Crippen molar-refractivity contribution in [3.8, 4) is 0 Å². The Morgan fingerprint density at radius 1 is 1.31 bits per heavy atom. The van der Waals surface area contributed by atoms with Crippen molar-refractivity contribution in [1.29, 1.82) is 0 Å². The summed E-state index contributed by atoms with van der Waals surface area (Å²) in [5.41, 5.74) is -2.34. The number of fused-ring (bicyclic) bond motifs is 5. The van der Waals surface area contributed by atoms with Gasteiger partial charge in [-0.1, -0.05) is 18.6 Å². The molecule has 29 heavy (non-hydrogen) atoms. The number of alkyl halides is 1. The molecule has 0 bridgehead atoms. The predicted molar refractivity (Wildman–Crippen MR) is 115 cm³/mol. The molecule has 2 N–H and O–H groups in total. The van der Waals surface area contributed by atoms with Crippen molar-refractivity contribution in [3.63, 3.8) is 0 Å². The lowest BCUT2D eigenvalue weighted by atomic mass is 9.46. The second-order valence-corrected chi connectivity index (χ2v) is 12.1. The maximum Gasteiger partial charge on any atom is 0.313 e. The van der Waals surface area contributed by atoms with Crippen molar-refractivity contribution in [1.82, 2.24) is 0 Å². The SMILES string of the molecule is CS[C@]1(SCC(=O)O)CCC2C3CCC4=CC(=O)C=C[C@]4(C)C3(F)[C@@H](O)C[C@@]21C. The first-order chi connectivity index (χ1) is 13.5. The van der Waals surface area contributed by atoms with Gasteiger partial charge in [0.2, 0.25) is 0 Å². The molecule has 4 nitrogen and oxygen atoms in total. The van der Waals surface area contributed by atoms with E-state index < -0.39 is 23.2 Å². The molecular weight excluding hydrogens is 411 g/mol. The van der Waals surface area contributed by atoms with Crippen molar-refractivity contribution in [2.45, 2.75) is 61.8 Å². The van der Waals surface area contributed by atoms with Crippen LogP contribution >= 0.6 is 23.5 Å². The molecule has 4 rings (SSSR count). The Labute approximate surface area is 179 Å². The highest BCUT2D eigenvalue weighted by Gasteiger charge is 2.73. The average molecular weight is 441 g/mol. The molecule has 7 heteroatoms. The third-order valence-electron chi connectivity index (χ3n) is 8.44. The van der Waals surface area contributed by atoms with Crippen molar-refractivity contribution < 1.29 is 24.2 Å². The summed E-state index contributed by atoms with van der Waals surface area (Å²) in [4.78, 5) is 23.2. The molecule has 0 heterocycles. The molecule has 0 aromatic carbocycles. The fourth-order valence-corrected chi connectivity index (χ4v) is 9.82. The summed E-state index contributed by atoms with van der Waals surface area (Å²) >= 11 is 3.11. The third-order valence-corrected chi connectivity index (χ3v) is 12.2.